The molecule has 1 rings (SSSR count). The lowest BCUT2D eigenvalue weighted by atomic mass is 9.80. The van der Waals surface area contributed by atoms with E-state index in [1.807, 2.05) is 19.1 Å². The first-order valence-corrected chi connectivity index (χ1v) is 6.04. The summed E-state index contributed by atoms with van der Waals surface area (Å²) in [5.41, 5.74) is 5.19. The molecule has 0 aliphatic heterocycles. The van der Waals surface area contributed by atoms with Crippen LogP contribution in [0.4, 0.5) is 0 Å². The first-order valence-electron chi connectivity index (χ1n) is 6.04. The fourth-order valence-corrected chi connectivity index (χ4v) is 2.63. The van der Waals surface area contributed by atoms with Crippen LogP contribution in [0.3, 0.4) is 0 Å². The zero-order valence-electron chi connectivity index (χ0n) is 11.4. The molecule has 0 heteroatoms. The second-order valence-electron chi connectivity index (χ2n) is 4.67. The topological polar surface area (TPSA) is 0 Å². The monoisotopic (exact) mass is 226 g/mol. The quantitative estimate of drug-likeness (QED) is 0.624. The van der Waals surface area contributed by atoms with E-state index >= 15 is 0 Å². The highest BCUT2D eigenvalue weighted by Gasteiger charge is 2.37. The van der Waals surface area contributed by atoms with Gasteiger partial charge in [0, 0.05) is 5.41 Å². The summed E-state index contributed by atoms with van der Waals surface area (Å²) >= 11 is 0. The molecule has 0 saturated carbocycles. The molecule has 0 heterocycles. The van der Waals surface area contributed by atoms with E-state index in [1.165, 1.54) is 22.3 Å². The average molecular weight is 226 g/mol. The molecule has 0 saturated heterocycles. The van der Waals surface area contributed by atoms with Gasteiger partial charge in [-0.05, 0) is 36.1 Å². The van der Waals surface area contributed by atoms with E-state index in [-0.39, 0.29) is 5.41 Å². The molecule has 0 radical (unpaired) electrons. The molecule has 0 amide bonds. The van der Waals surface area contributed by atoms with Crippen molar-refractivity contribution in [2.24, 2.45) is 5.41 Å². The molecule has 1 aliphatic rings. The number of rotatable bonds is 3. The van der Waals surface area contributed by atoms with E-state index in [9.17, 15) is 0 Å². The van der Waals surface area contributed by atoms with Gasteiger partial charge in [0.1, 0.15) is 0 Å². The highest BCUT2D eigenvalue weighted by atomic mass is 14.4. The molecule has 17 heavy (non-hydrogen) atoms. The van der Waals surface area contributed by atoms with Gasteiger partial charge in [-0.1, -0.05) is 63.5 Å². The van der Waals surface area contributed by atoms with Gasteiger partial charge in [0.05, 0.1) is 0 Å². The molecular formula is C17H22. The minimum atomic E-state index is 0.0280. The summed E-state index contributed by atoms with van der Waals surface area (Å²) in [6.07, 6.45) is 12.3. The van der Waals surface area contributed by atoms with Crippen molar-refractivity contribution >= 4 is 0 Å². The van der Waals surface area contributed by atoms with Crippen molar-refractivity contribution in [2.45, 2.75) is 27.7 Å². The summed E-state index contributed by atoms with van der Waals surface area (Å²) in [6.45, 7) is 16.4. The lowest BCUT2D eigenvalue weighted by molar-refractivity contribution is 0.578. The van der Waals surface area contributed by atoms with Gasteiger partial charge in [-0.3, -0.25) is 0 Å². The third-order valence-corrected chi connectivity index (χ3v) is 3.33. The lowest BCUT2D eigenvalue weighted by Crippen LogP contribution is -2.12. The molecule has 90 valence electrons. The van der Waals surface area contributed by atoms with Crippen LogP contribution in [0.25, 0.3) is 0 Å². The molecule has 0 spiro atoms. The molecule has 0 unspecified atom stereocenters. The SMILES string of the molecule is C=C/C=C1/C(/C=C\C)=C(C=C)C(C)(C)/C1=C/C. The number of allylic oxidation sites excluding steroid dienone is 10. The van der Waals surface area contributed by atoms with Gasteiger partial charge in [0.25, 0.3) is 0 Å². The molecule has 0 bridgehead atoms. The van der Waals surface area contributed by atoms with Crippen LogP contribution < -0.4 is 0 Å². The predicted octanol–water partition coefficient (Wildman–Crippen LogP) is 5.14. The van der Waals surface area contributed by atoms with Crippen molar-refractivity contribution < 1.29 is 0 Å². The third kappa shape index (κ3) is 2.12. The third-order valence-electron chi connectivity index (χ3n) is 3.33. The Hall–Kier alpha value is -1.56. The molecule has 0 aromatic carbocycles. The van der Waals surface area contributed by atoms with Crippen LogP contribution in [0.2, 0.25) is 0 Å². The molecule has 0 nitrogen and oxygen atoms in total. The molecule has 0 fully saturated rings. The Kier molecular flexibility index (Phi) is 4.11. The van der Waals surface area contributed by atoms with Gasteiger partial charge in [0.2, 0.25) is 0 Å². The largest absolute Gasteiger partial charge is 0.0990 e. The summed E-state index contributed by atoms with van der Waals surface area (Å²) in [6, 6.07) is 0. The van der Waals surface area contributed by atoms with E-state index in [4.69, 9.17) is 0 Å². The van der Waals surface area contributed by atoms with Crippen LogP contribution in [0.15, 0.2) is 71.9 Å². The maximum Gasteiger partial charge on any atom is 0.0155 e. The van der Waals surface area contributed by atoms with Gasteiger partial charge in [0.15, 0.2) is 0 Å². The lowest BCUT2D eigenvalue weighted by Gasteiger charge is -2.23. The molecule has 1 aliphatic carbocycles. The van der Waals surface area contributed by atoms with Crippen molar-refractivity contribution in [3.8, 4) is 0 Å². The van der Waals surface area contributed by atoms with Crippen LogP contribution in [-0.2, 0) is 0 Å². The van der Waals surface area contributed by atoms with E-state index in [0.29, 0.717) is 0 Å². The van der Waals surface area contributed by atoms with Gasteiger partial charge in [-0.2, -0.15) is 0 Å². The molecule has 0 aromatic heterocycles. The standard InChI is InChI=1S/C17H22/c1-7-11-13-14(12-8-2)16(10-4)17(5,6)15(13)9-3/h7-12H,1,4H2,2-3,5-6H3/b12-8-,13-11-,15-9+. The van der Waals surface area contributed by atoms with E-state index in [2.05, 4.69) is 58.2 Å². The van der Waals surface area contributed by atoms with Gasteiger partial charge in [-0.15, -0.1) is 0 Å². The summed E-state index contributed by atoms with van der Waals surface area (Å²) in [7, 11) is 0. The summed E-state index contributed by atoms with van der Waals surface area (Å²) in [5, 5.41) is 0. The number of hydrogen-bond donors (Lipinski definition) is 0. The second-order valence-corrected chi connectivity index (χ2v) is 4.67. The van der Waals surface area contributed by atoms with E-state index in [1.54, 1.807) is 0 Å². The zero-order chi connectivity index (χ0) is 13.1. The van der Waals surface area contributed by atoms with Crippen molar-refractivity contribution in [2.75, 3.05) is 0 Å². The van der Waals surface area contributed by atoms with Crippen LogP contribution in [-0.4, -0.2) is 0 Å². The Labute approximate surface area is 105 Å². The summed E-state index contributed by atoms with van der Waals surface area (Å²) in [5.74, 6) is 0. The Morgan fingerprint density at radius 1 is 1.12 bits per heavy atom. The molecular weight excluding hydrogens is 204 g/mol. The zero-order valence-corrected chi connectivity index (χ0v) is 11.4. The Bertz CT molecular complexity index is 448. The second kappa shape index (κ2) is 5.18. The van der Waals surface area contributed by atoms with E-state index < -0.39 is 0 Å². The molecule has 0 atom stereocenters. The minimum Gasteiger partial charge on any atom is -0.0990 e. The fraction of sp³-hybridized carbons (Fsp3) is 0.294. The average Bonchev–Trinajstić information content (AvgIpc) is 2.47. The fourth-order valence-electron chi connectivity index (χ4n) is 2.63. The minimum absolute atomic E-state index is 0.0280. The highest BCUT2D eigenvalue weighted by Crippen LogP contribution is 2.50. The normalized spacial score (nSPS) is 24.0. The van der Waals surface area contributed by atoms with Crippen molar-refractivity contribution in [1.29, 1.82) is 0 Å². The van der Waals surface area contributed by atoms with Crippen LogP contribution in [0.5, 0.6) is 0 Å². The first-order chi connectivity index (χ1) is 8.04. The first kappa shape index (κ1) is 13.5. The summed E-state index contributed by atoms with van der Waals surface area (Å²) < 4.78 is 0. The summed E-state index contributed by atoms with van der Waals surface area (Å²) in [4.78, 5) is 0. The Morgan fingerprint density at radius 3 is 2.18 bits per heavy atom. The van der Waals surface area contributed by atoms with Crippen LogP contribution in [0.1, 0.15) is 27.7 Å². The van der Waals surface area contributed by atoms with Crippen molar-refractivity contribution in [3.63, 3.8) is 0 Å². The van der Waals surface area contributed by atoms with Gasteiger partial charge < -0.3 is 0 Å². The van der Waals surface area contributed by atoms with Gasteiger partial charge in [-0.25, -0.2) is 0 Å². The van der Waals surface area contributed by atoms with Crippen LogP contribution >= 0.6 is 0 Å². The maximum atomic E-state index is 3.96. The predicted molar refractivity (Wildman–Crippen MR) is 77.9 cm³/mol. The van der Waals surface area contributed by atoms with Crippen LogP contribution in [0, 0.1) is 5.41 Å². The molecule has 0 N–H and O–H groups in total. The Balaban J connectivity index is 3.59. The van der Waals surface area contributed by atoms with Crippen molar-refractivity contribution in [3.05, 3.63) is 71.9 Å². The maximum absolute atomic E-state index is 3.96. The molecule has 0 aromatic rings. The van der Waals surface area contributed by atoms with E-state index in [0.717, 1.165) is 0 Å². The highest BCUT2D eigenvalue weighted by molar-refractivity contribution is 5.68. The van der Waals surface area contributed by atoms with Gasteiger partial charge >= 0.3 is 0 Å². The number of hydrogen-bond acceptors (Lipinski definition) is 0. The Morgan fingerprint density at radius 2 is 1.76 bits per heavy atom. The van der Waals surface area contributed by atoms with Crippen molar-refractivity contribution in [1.82, 2.24) is 0 Å². The smallest absolute Gasteiger partial charge is 0.0155 e.